The molecule has 1 atom stereocenters. The fourth-order valence-corrected chi connectivity index (χ4v) is 9.86. The van der Waals surface area contributed by atoms with E-state index in [1.54, 1.807) is 0 Å². The van der Waals surface area contributed by atoms with Crippen LogP contribution < -0.4 is 0 Å². The summed E-state index contributed by atoms with van der Waals surface area (Å²) in [5.74, 6) is 0. The third-order valence-electron chi connectivity index (χ3n) is 6.93. The van der Waals surface area contributed by atoms with Crippen LogP contribution in [0, 0.1) is 6.92 Å². The molecule has 0 fully saturated rings. The normalized spacial score (nSPS) is 18.2. The molecule has 1 aliphatic carbocycles. The Morgan fingerprint density at radius 3 is 1.63 bits per heavy atom. The van der Waals surface area contributed by atoms with E-state index in [1.807, 2.05) is 18.2 Å². The molecule has 3 rings (SSSR count). The zero-order valence-corrected chi connectivity index (χ0v) is 18.7. The van der Waals surface area contributed by atoms with Crippen molar-refractivity contribution in [2.24, 2.45) is 0 Å². The van der Waals surface area contributed by atoms with E-state index in [4.69, 9.17) is 0 Å². The lowest BCUT2D eigenvalue weighted by Gasteiger charge is -2.47. The van der Waals surface area contributed by atoms with Crippen molar-refractivity contribution in [1.29, 1.82) is 0 Å². The Morgan fingerprint density at radius 1 is 0.704 bits per heavy atom. The highest BCUT2D eigenvalue weighted by Gasteiger charge is 2.54. The highest BCUT2D eigenvalue weighted by atomic mass is 28.3. The van der Waals surface area contributed by atoms with Crippen LogP contribution in [0.1, 0.15) is 44.4 Å². The van der Waals surface area contributed by atoms with Crippen molar-refractivity contribution in [1.82, 2.24) is 0 Å². The largest absolute Gasteiger partial charge is 0.384 e. The van der Waals surface area contributed by atoms with Crippen LogP contribution in [0.25, 0.3) is 0 Å². The van der Waals surface area contributed by atoms with Gasteiger partial charge < -0.3 is 5.11 Å². The summed E-state index contributed by atoms with van der Waals surface area (Å²) in [4.78, 5) is 0. The van der Waals surface area contributed by atoms with Crippen LogP contribution in [0.2, 0.25) is 18.6 Å². The first-order valence-electron chi connectivity index (χ1n) is 9.82. The summed E-state index contributed by atoms with van der Waals surface area (Å²) in [6.07, 6.45) is 0. The summed E-state index contributed by atoms with van der Waals surface area (Å²) in [6.45, 7) is 15.8. The Kier molecular flexibility index (Phi) is 5.09. The summed E-state index contributed by atoms with van der Waals surface area (Å²) in [5, 5.41) is 11.5. The standard InChI is InChI=1S/C25H32OSi/c1-17-13-15-23(16-14-17)25(26,22-11-9-8-10-12-22)27(6,7)24-20(4)18(2)19(3)21(24)5/h8-16,24,26H,1-7H3. The van der Waals surface area contributed by atoms with E-state index in [0.29, 0.717) is 5.54 Å². The molecule has 1 nitrogen and oxygen atoms in total. The predicted octanol–water partition coefficient (Wildman–Crippen LogP) is 6.54. The lowest BCUT2D eigenvalue weighted by Crippen LogP contribution is -2.56. The van der Waals surface area contributed by atoms with E-state index in [1.165, 1.54) is 27.9 Å². The van der Waals surface area contributed by atoms with Gasteiger partial charge in [0.05, 0.1) is 0 Å². The van der Waals surface area contributed by atoms with E-state index >= 15 is 0 Å². The molecule has 1 N–H and O–H groups in total. The van der Waals surface area contributed by atoms with Gasteiger partial charge in [-0.05, 0) is 56.9 Å². The number of aliphatic hydroxyl groups is 1. The van der Waals surface area contributed by atoms with Crippen molar-refractivity contribution in [3.63, 3.8) is 0 Å². The van der Waals surface area contributed by atoms with E-state index in [0.717, 1.165) is 11.1 Å². The fourth-order valence-electron chi connectivity index (χ4n) is 5.03. The number of hydrogen-bond donors (Lipinski definition) is 1. The zero-order valence-electron chi connectivity index (χ0n) is 17.7. The maximum absolute atomic E-state index is 12.5. The molecule has 2 heteroatoms. The van der Waals surface area contributed by atoms with Crippen molar-refractivity contribution in [2.45, 2.75) is 58.5 Å². The van der Waals surface area contributed by atoms with Gasteiger partial charge in [-0.3, -0.25) is 0 Å². The summed E-state index contributed by atoms with van der Waals surface area (Å²) in [5.41, 5.74) is 9.24. The van der Waals surface area contributed by atoms with Crippen LogP contribution in [0.4, 0.5) is 0 Å². The summed E-state index contributed by atoms with van der Waals surface area (Å²) in [6, 6.07) is 18.7. The Morgan fingerprint density at radius 2 is 1.15 bits per heavy atom. The van der Waals surface area contributed by atoms with Crippen LogP contribution in [0.3, 0.4) is 0 Å². The van der Waals surface area contributed by atoms with Gasteiger partial charge in [0.2, 0.25) is 0 Å². The Balaban J connectivity index is 2.27. The average Bonchev–Trinajstić information content (AvgIpc) is 2.85. The molecule has 1 unspecified atom stereocenters. The highest BCUT2D eigenvalue weighted by Crippen LogP contribution is 2.53. The molecule has 0 saturated heterocycles. The molecule has 0 aromatic heterocycles. The van der Waals surface area contributed by atoms with Crippen molar-refractivity contribution < 1.29 is 5.11 Å². The summed E-state index contributed by atoms with van der Waals surface area (Å²) in [7, 11) is -2.29. The molecular weight excluding hydrogens is 344 g/mol. The minimum Gasteiger partial charge on any atom is -0.384 e. The van der Waals surface area contributed by atoms with Gasteiger partial charge in [0, 0.05) is 5.54 Å². The van der Waals surface area contributed by atoms with Crippen LogP contribution in [-0.4, -0.2) is 13.2 Å². The fraction of sp³-hybridized carbons (Fsp3) is 0.360. The Labute approximate surface area is 165 Å². The molecule has 0 saturated carbocycles. The highest BCUT2D eigenvalue weighted by molar-refractivity contribution is 6.83. The van der Waals surface area contributed by atoms with Gasteiger partial charge in [-0.25, -0.2) is 0 Å². The summed E-state index contributed by atoms with van der Waals surface area (Å²) < 4.78 is 0. The third kappa shape index (κ3) is 2.96. The van der Waals surface area contributed by atoms with Crippen molar-refractivity contribution in [2.75, 3.05) is 0 Å². The molecule has 0 bridgehead atoms. The molecule has 2 aromatic rings. The first kappa shape index (κ1) is 19.8. The molecular formula is C25H32OSi. The molecule has 0 spiro atoms. The molecule has 2 aromatic carbocycles. The second kappa shape index (κ2) is 6.92. The quantitative estimate of drug-likeness (QED) is 0.601. The third-order valence-corrected chi connectivity index (χ3v) is 11.7. The van der Waals surface area contributed by atoms with Gasteiger partial charge in [-0.1, -0.05) is 84.4 Å². The SMILES string of the molecule is CC1=C(C)C([Si](C)(C)C(O)(c2ccccc2)c2ccc(C)cc2)C(C)=C1C. The average molecular weight is 377 g/mol. The van der Waals surface area contributed by atoms with E-state index in [2.05, 4.69) is 84.1 Å². The number of aryl methyl sites for hydroxylation is 1. The molecule has 0 amide bonds. The molecule has 0 aliphatic heterocycles. The van der Waals surface area contributed by atoms with E-state index in [9.17, 15) is 5.11 Å². The molecule has 0 heterocycles. The van der Waals surface area contributed by atoms with Gasteiger partial charge in [-0.2, -0.15) is 0 Å². The van der Waals surface area contributed by atoms with Crippen LogP contribution in [0.15, 0.2) is 76.9 Å². The van der Waals surface area contributed by atoms with Crippen molar-refractivity contribution >= 4 is 8.07 Å². The number of benzene rings is 2. The van der Waals surface area contributed by atoms with Gasteiger partial charge in [0.15, 0.2) is 0 Å². The molecule has 27 heavy (non-hydrogen) atoms. The van der Waals surface area contributed by atoms with Gasteiger partial charge in [0.1, 0.15) is 13.3 Å². The lowest BCUT2D eigenvalue weighted by molar-refractivity contribution is 0.156. The van der Waals surface area contributed by atoms with Crippen LogP contribution in [0.5, 0.6) is 0 Å². The monoisotopic (exact) mass is 376 g/mol. The first-order chi connectivity index (χ1) is 12.6. The topological polar surface area (TPSA) is 20.2 Å². The van der Waals surface area contributed by atoms with Gasteiger partial charge in [-0.15, -0.1) is 0 Å². The smallest absolute Gasteiger partial charge is 0.108 e. The minimum atomic E-state index is -2.29. The van der Waals surface area contributed by atoms with Crippen LogP contribution in [-0.2, 0) is 5.22 Å². The lowest BCUT2D eigenvalue weighted by atomic mass is 9.99. The van der Waals surface area contributed by atoms with Crippen molar-refractivity contribution in [3.8, 4) is 0 Å². The van der Waals surface area contributed by atoms with Crippen LogP contribution >= 0.6 is 0 Å². The van der Waals surface area contributed by atoms with E-state index in [-0.39, 0.29) is 0 Å². The maximum Gasteiger partial charge on any atom is 0.108 e. The zero-order chi connectivity index (χ0) is 20.0. The van der Waals surface area contributed by atoms with Gasteiger partial charge >= 0.3 is 0 Å². The van der Waals surface area contributed by atoms with E-state index < -0.39 is 13.3 Å². The van der Waals surface area contributed by atoms with Gasteiger partial charge in [0.25, 0.3) is 0 Å². The Bertz CT molecular complexity index is 879. The number of allylic oxidation sites excluding steroid dienone is 4. The number of hydrogen-bond acceptors (Lipinski definition) is 1. The molecule has 0 radical (unpaired) electrons. The maximum atomic E-state index is 12.5. The summed E-state index contributed by atoms with van der Waals surface area (Å²) >= 11 is 0. The molecule has 142 valence electrons. The van der Waals surface area contributed by atoms with Crippen molar-refractivity contribution in [3.05, 3.63) is 93.6 Å². The predicted molar refractivity (Wildman–Crippen MR) is 119 cm³/mol. The second-order valence-electron chi connectivity index (χ2n) is 8.71. The first-order valence-corrected chi connectivity index (χ1v) is 12.9. The minimum absolute atomic E-state index is 0.337. The molecule has 1 aliphatic rings. The number of rotatable bonds is 4. The second-order valence-corrected chi connectivity index (χ2v) is 13.5. The Hall–Kier alpha value is -1.90.